The van der Waals surface area contributed by atoms with E-state index in [0.29, 0.717) is 11.1 Å². The van der Waals surface area contributed by atoms with E-state index in [9.17, 15) is 9.59 Å². The molecule has 2 aromatic rings. The molecule has 0 saturated heterocycles. The Morgan fingerprint density at radius 1 is 0.562 bits per heavy atom. The summed E-state index contributed by atoms with van der Waals surface area (Å²) in [7, 11) is 0. The Hall–Kier alpha value is -3.02. The average molecular weight is 439 g/mol. The van der Waals surface area contributed by atoms with Crippen molar-refractivity contribution in [3.63, 3.8) is 0 Å². The van der Waals surface area contributed by atoms with Crippen molar-refractivity contribution in [2.24, 2.45) is 21.1 Å². The van der Waals surface area contributed by atoms with E-state index in [4.69, 9.17) is 9.47 Å². The molecule has 0 saturated carbocycles. The van der Waals surface area contributed by atoms with Crippen molar-refractivity contribution in [2.45, 2.75) is 66.8 Å². The van der Waals surface area contributed by atoms with Crippen LogP contribution in [0.5, 0.6) is 0 Å². The van der Waals surface area contributed by atoms with E-state index < -0.39 is 34.2 Å². The summed E-state index contributed by atoms with van der Waals surface area (Å²) >= 11 is 0. The zero-order chi connectivity index (χ0) is 24.2. The lowest BCUT2D eigenvalue weighted by Gasteiger charge is -2.32. The maximum atomic E-state index is 12.7. The molecule has 2 atom stereocenters. The molecular weight excluding hydrogens is 404 g/mol. The molecule has 6 nitrogen and oxygen atoms in total. The summed E-state index contributed by atoms with van der Waals surface area (Å²) in [4.78, 5) is 25.5. The Kier molecular flexibility index (Phi) is 7.28. The molecule has 172 valence electrons. The van der Waals surface area contributed by atoms with Gasteiger partial charge >= 0.3 is 11.9 Å². The number of hydrogen-bond acceptors (Lipinski definition) is 6. The molecule has 2 aromatic carbocycles. The topological polar surface area (TPSA) is 77.3 Å². The van der Waals surface area contributed by atoms with Gasteiger partial charge < -0.3 is 9.47 Å². The van der Waals surface area contributed by atoms with Crippen molar-refractivity contribution in [1.29, 1.82) is 0 Å². The van der Waals surface area contributed by atoms with Crippen LogP contribution in [0.2, 0.25) is 0 Å². The van der Waals surface area contributed by atoms with Crippen molar-refractivity contribution < 1.29 is 19.1 Å². The van der Waals surface area contributed by atoms with Crippen LogP contribution < -0.4 is 0 Å². The second-order valence-electron chi connectivity index (χ2n) is 10.2. The lowest BCUT2D eigenvalue weighted by molar-refractivity contribution is -0.174. The van der Waals surface area contributed by atoms with Gasteiger partial charge in [0.05, 0.1) is 10.8 Å². The molecule has 0 heterocycles. The van der Waals surface area contributed by atoms with E-state index in [-0.39, 0.29) is 0 Å². The Morgan fingerprint density at radius 2 is 0.844 bits per heavy atom. The van der Waals surface area contributed by atoms with E-state index in [0.717, 1.165) is 0 Å². The molecule has 0 aliphatic carbocycles. The minimum Gasteiger partial charge on any atom is -0.431 e. The van der Waals surface area contributed by atoms with Gasteiger partial charge in [-0.2, -0.15) is 0 Å². The van der Waals surface area contributed by atoms with Crippen molar-refractivity contribution in [3.05, 3.63) is 71.8 Å². The van der Waals surface area contributed by atoms with Crippen LogP contribution in [0, 0.1) is 10.8 Å². The van der Waals surface area contributed by atoms with Gasteiger partial charge in [-0.25, -0.2) is 0 Å². The van der Waals surface area contributed by atoms with Gasteiger partial charge in [0.1, 0.15) is 0 Å². The number of esters is 2. The van der Waals surface area contributed by atoms with Crippen LogP contribution in [-0.4, -0.2) is 11.9 Å². The van der Waals surface area contributed by atoms with Gasteiger partial charge in [-0.3, -0.25) is 9.59 Å². The predicted molar refractivity (Wildman–Crippen MR) is 124 cm³/mol. The van der Waals surface area contributed by atoms with E-state index >= 15 is 0 Å². The maximum Gasteiger partial charge on any atom is 0.313 e. The van der Waals surface area contributed by atoms with Gasteiger partial charge in [-0.05, 0) is 41.5 Å². The number of carbonyl (C=O) groups excluding carboxylic acids is 2. The summed E-state index contributed by atoms with van der Waals surface area (Å²) in [6, 6.07) is 18.3. The summed E-state index contributed by atoms with van der Waals surface area (Å²) in [5.41, 5.74) is -2.97. The summed E-state index contributed by atoms with van der Waals surface area (Å²) in [5, 5.41) is 8.94. The summed E-state index contributed by atoms with van der Waals surface area (Å²) in [6.07, 6.45) is 0. The quantitative estimate of drug-likeness (QED) is 0.388. The van der Waals surface area contributed by atoms with Crippen LogP contribution in [0.4, 0.5) is 0 Å². The van der Waals surface area contributed by atoms with Crippen LogP contribution in [0.3, 0.4) is 0 Å². The highest BCUT2D eigenvalue weighted by Gasteiger charge is 2.39. The van der Waals surface area contributed by atoms with Crippen molar-refractivity contribution >= 4 is 11.9 Å². The molecule has 0 fully saturated rings. The van der Waals surface area contributed by atoms with E-state index in [1.165, 1.54) is 0 Å². The number of hydrogen-bond donors (Lipinski definition) is 0. The Balaban J connectivity index is 2.55. The van der Waals surface area contributed by atoms with E-state index in [2.05, 4.69) is 10.2 Å². The number of ether oxygens (including phenoxy) is 2. The first-order valence-corrected chi connectivity index (χ1v) is 10.7. The summed E-state index contributed by atoms with van der Waals surface area (Å²) in [6.45, 7) is 14.0. The van der Waals surface area contributed by atoms with E-state index in [1.807, 2.05) is 60.7 Å². The number of carbonyl (C=O) groups is 2. The minimum absolute atomic E-state index is 0.420. The highest BCUT2D eigenvalue weighted by Crippen LogP contribution is 2.36. The second-order valence-corrected chi connectivity index (χ2v) is 10.2. The van der Waals surface area contributed by atoms with E-state index in [1.54, 1.807) is 55.4 Å². The number of rotatable bonds is 6. The minimum atomic E-state index is -1.41. The van der Waals surface area contributed by atoms with Gasteiger partial charge in [0.25, 0.3) is 0 Å². The second kappa shape index (κ2) is 9.23. The third-order valence-corrected chi connectivity index (χ3v) is 4.86. The Morgan fingerprint density at radius 3 is 1.09 bits per heavy atom. The van der Waals surface area contributed by atoms with Crippen LogP contribution in [-0.2, 0) is 30.5 Å². The largest absolute Gasteiger partial charge is 0.431 e. The molecule has 2 rings (SSSR count). The fourth-order valence-electron chi connectivity index (χ4n) is 2.63. The van der Waals surface area contributed by atoms with Gasteiger partial charge in [0.2, 0.25) is 11.4 Å². The Bertz CT molecular complexity index is 879. The first kappa shape index (κ1) is 25.2. The number of azo groups is 1. The van der Waals surface area contributed by atoms with Crippen LogP contribution in [0.15, 0.2) is 70.9 Å². The van der Waals surface area contributed by atoms with Crippen molar-refractivity contribution in [3.8, 4) is 0 Å². The molecule has 0 spiro atoms. The zero-order valence-corrected chi connectivity index (χ0v) is 20.3. The predicted octanol–water partition coefficient (Wildman–Crippen LogP) is 6.36. The Labute approximate surface area is 191 Å². The highest BCUT2D eigenvalue weighted by molar-refractivity contribution is 5.76. The van der Waals surface area contributed by atoms with Crippen LogP contribution >= 0.6 is 0 Å². The van der Waals surface area contributed by atoms with Crippen LogP contribution in [0.1, 0.15) is 66.5 Å². The molecular formula is C26H34N2O4. The average Bonchev–Trinajstić information content (AvgIpc) is 2.72. The number of benzene rings is 2. The zero-order valence-electron chi connectivity index (χ0n) is 20.3. The van der Waals surface area contributed by atoms with Gasteiger partial charge in [0.15, 0.2) is 0 Å². The standard InChI is InChI=1S/C26H34N2O4/c1-23(2,3)21(29)31-25(7,19-15-11-9-12-16-19)27-28-26(8,20-17-13-10-14-18-20)32-22(30)24(4,5)6/h9-18H,1-8H3. The molecule has 32 heavy (non-hydrogen) atoms. The SMILES string of the molecule is CC(C)(C)C(=O)OC(C)(N=NC(C)(OC(=O)C(C)(C)C)c1ccccc1)c1ccccc1. The lowest BCUT2D eigenvalue weighted by Crippen LogP contribution is -2.36. The molecule has 0 aliphatic heterocycles. The van der Waals surface area contributed by atoms with Gasteiger partial charge in [0, 0.05) is 25.0 Å². The highest BCUT2D eigenvalue weighted by atomic mass is 16.6. The van der Waals surface area contributed by atoms with Crippen LogP contribution in [0.25, 0.3) is 0 Å². The van der Waals surface area contributed by atoms with Gasteiger partial charge in [-0.15, -0.1) is 10.2 Å². The third kappa shape index (κ3) is 6.25. The molecule has 6 heteroatoms. The normalized spacial score (nSPS) is 16.1. The lowest BCUT2D eigenvalue weighted by atomic mass is 9.96. The summed E-state index contributed by atoms with van der Waals surface area (Å²) < 4.78 is 11.7. The monoisotopic (exact) mass is 438 g/mol. The molecule has 0 amide bonds. The van der Waals surface area contributed by atoms with Gasteiger partial charge in [-0.1, -0.05) is 60.7 Å². The van der Waals surface area contributed by atoms with Crippen molar-refractivity contribution in [2.75, 3.05) is 0 Å². The first-order valence-electron chi connectivity index (χ1n) is 10.7. The third-order valence-electron chi connectivity index (χ3n) is 4.86. The fourth-order valence-corrected chi connectivity index (χ4v) is 2.63. The maximum absolute atomic E-state index is 12.7. The molecule has 0 bridgehead atoms. The summed E-state index contributed by atoms with van der Waals surface area (Å²) in [5.74, 6) is -0.841. The first-order chi connectivity index (χ1) is 14.7. The smallest absolute Gasteiger partial charge is 0.313 e. The number of nitrogens with zero attached hydrogens (tertiary/aromatic N) is 2. The molecule has 0 aromatic heterocycles. The molecule has 0 aliphatic rings. The molecule has 2 unspecified atom stereocenters. The fraction of sp³-hybridized carbons (Fsp3) is 0.462. The van der Waals surface area contributed by atoms with Crippen molar-refractivity contribution in [1.82, 2.24) is 0 Å². The molecule has 0 N–H and O–H groups in total. The molecule has 0 radical (unpaired) electrons.